The summed E-state index contributed by atoms with van der Waals surface area (Å²) in [5.74, 6) is 0.390. The summed E-state index contributed by atoms with van der Waals surface area (Å²) in [6, 6.07) is 5.32. The molecule has 1 N–H and O–H groups in total. The minimum atomic E-state index is -0.205. The van der Waals surface area contributed by atoms with Crippen LogP contribution in [-0.4, -0.2) is 15.9 Å². The molecular weight excluding hydrogens is 281 g/mol. The Kier molecular flexibility index (Phi) is 5.30. The van der Waals surface area contributed by atoms with Crippen LogP contribution in [0.1, 0.15) is 19.4 Å². The Bertz CT molecular complexity index is 515. The molecule has 0 saturated carbocycles. The second-order valence-corrected chi connectivity index (χ2v) is 6.67. The molecule has 19 heavy (non-hydrogen) atoms. The summed E-state index contributed by atoms with van der Waals surface area (Å²) in [5, 5.41) is 3.30. The fourth-order valence-corrected chi connectivity index (χ4v) is 2.95. The van der Waals surface area contributed by atoms with Crippen LogP contribution in [0.15, 0.2) is 33.8 Å². The Morgan fingerprint density at radius 1 is 1.42 bits per heavy atom. The van der Waals surface area contributed by atoms with Crippen LogP contribution in [0, 0.1) is 11.7 Å². The zero-order valence-corrected chi connectivity index (χ0v) is 12.5. The average Bonchev–Trinajstić information content (AvgIpc) is 2.85. The van der Waals surface area contributed by atoms with Crippen LogP contribution < -0.4 is 5.32 Å². The molecule has 0 saturated heterocycles. The molecule has 1 aromatic heterocycles. The molecule has 6 heteroatoms. The molecular formula is C13H16FN3S2. The van der Waals surface area contributed by atoms with E-state index >= 15 is 0 Å². The van der Waals surface area contributed by atoms with Gasteiger partial charge >= 0.3 is 0 Å². The molecule has 0 bridgehead atoms. The van der Waals surface area contributed by atoms with Gasteiger partial charge in [-0.25, -0.2) is 9.37 Å². The van der Waals surface area contributed by atoms with Crippen molar-refractivity contribution in [1.29, 1.82) is 0 Å². The molecule has 0 radical (unpaired) electrons. The summed E-state index contributed by atoms with van der Waals surface area (Å²) >= 11 is 2.58. The van der Waals surface area contributed by atoms with Gasteiger partial charge in [-0.05, 0) is 41.7 Å². The third kappa shape index (κ3) is 4.56. The van der Waals surface area contributed by atoms with Gasteiger partial charge in [-0.1, -0.05) is 31.7 Å². The smallest absolute Gasteiger partial charge is 0.174 e. The molecule has 0 fully saturated rings. The monoisotopic (exact) mass is 297 g/mol. The first-order valence-corrected chi connectivity index (χ1v) is 7.68. The van der Waals surface area contributed by atoms with E-state index in [1.807, 2.05) is 6.07 Å². The normalized spacial score (nSPS) is 11.2. The Labute approximate surface area is 120 Å². The summed E-state index contributed by atoms with van der Waals surface area (Å²) in [6.07, 6.45) is 1.48. The number of rotatable bonds is 6. The fourth-order valence-electron chi connectivity index (χ4n) is 1.54. The molecule has 1 heterocycles. The van der Waals surface area contributed by atoms with E-state index in [2.05, 4.69) is 28.5 Å². The lowest BCUT2D eigenvalue weighted by Crippen LogP contribution is -2.18. The van der Waals surface area contributed by atoms with Gasteiger partial charge in [0.15, 0.2) is 4.34 Å². The first-order valence-electron chi connectivity index (χ1n) is 6.09. The maximum absolute atomic E-state index is 13.9. The van der Waals surface area contributed by atoms with Gasteiger partial charge in [0.2, 0.25) is 0 Å². The molecule has 1 aromatic carbocycles. The number of aromatic nitrogens is 2. The van der Waals surface area contributed by atoms with Crippen LogP contribution in [0.25, 0.3) is 0 Å². The molecule has 0 spiro atoms. The number of nitrogens with zero attached hydrogens (tertiary/aromatic N) is 2. The third-order valence-corrected chi connectivity index (χ3v) is 4.18. The van der Waals surface area contributed by atoms with Gasteiger partial charge in [-0.2, -0.15) is 4.37 Å². The van der Waals surface area contributed by atoms with E-state index in [0.717, 1.165) is 16.4 Å². The van der Waals surface area contributed by atoms with Gasteiger partial charge in [0.05, 0.1) is 4.90 Å². The van der Waals surface area contributed by atoms with E-state index in [4.69, 9.17) is 0 Å². The first kappa shape index (κ1) is 14.4. The Balaban J connectivity index is 1.97. The van der Waals surface area contributed by atoms with Crippen molar-refractivity contribution in [1.82, 2.24) is 14.7 Å². The number of hydrogen-bond donors (Lipinski definition) is 1. The van der Waals surface area contributed by atoms with Crippen molar-refractivity contribution >= 4 is 23.3 Å². The highest BCUT2D eigenvalue weighted by Crippen LogP contribution is 2.30. The highest BCUT2D eigenvalue weighted by Gasteiger charge is 2.07. The predicted octanol–water partition coefficient (Wildman–Crippen LogP) is 3.57. The second-order valence-electron chi connectivity index (χ2n) is 4.60. The summed E-state index contributed by atoms with van der Waals surface area (Å²) in [5.41, 5.74) is 0.958. The largest absolute Gasteiger partial charge is 0.312 e. The van der Waals surface area contributed by atoms with Gasteiger partial charge in [-0.15, -0.1) is 0 Å². The molecule has 2 rings (SSSR count). The van der Waals surface area contributed by atoms with Crippen molar-refractivity contribution in [3.05, 3.63) is 35.9 Å². The number of halogens is 1. The molecule has 0 atom stereocenters. The average molecular weight is 297 g/mol. The zero-order valence-electron chi connectivity index (χ0n) is 10.9. The second kappa shape index (κ2) is 6.98. The van der Waals surface area contributed by atoms with Gasteiger partial charge in [-0.3, -0.25) is 0 Å². The summed E-state index contributed by atoms with van der Waals surface area (Å²) in [4.78, 5) is 4.62. The van der Waals surface area contributed by atoms with Gasteiger partial charge in [0, 0.05) is 6.54 Å². The highest BCUT2D eigenvalue weighted by atomic mass is 32.2. The molecule has 2 aromatic rings. The Morgan fingerprint density at radius 3 is 2.89 bits per heavy atom. The van der Waals surface area contributed by atoms with E-state index < -0.39 is 0 Å². The first-order chi connectivity index (χ1) is 9.15. The number of benzene rings is 1. The molecule has 0 amide bonds. The standard InChI is InChI=1S/C13H16FN3S2/c1-9(2)6-15-7-10-3-4-12(11(14)5-10)18-13-16-8-17-19-13/h3-5,8-9,15H,6-7H2,1-2H3. The minimum absolute atomic E-state index is 0.205. The Morgan fingerprint density at radius 2 is 2.26 bits per heavy atom. The lowest BCUT2D eigenvalue weighted by Gasteiger charge is -2.08. The molecule has 3 nitrogen and oxygen atoms in total. The van der Waals surface area contributed by atoms with Crippen molar-refractivity contribution in [2.75, 3.05) is 6.54 Å². The van der Waals surface area contributed by atoms with Gasteiger partial charge in [0.25, 0.3) is 0 Å². The van der Waals surface area contributed by atoms with E-state index in [1.165, 1.54) is 29.6 Å². The molecule has 102 valence electrons. The van der Waals surface area contributed by atoms with Crippen LogP contribution >= 0.6 is 23.3 Å². The van der Waals surface area contributed by atoms with Crippen molar-refractivity contribution in [3.8, 4) is 0 Å². The Hall–Kier alpha value is -0.980. The molecule has 0 aliphatic heterocycles. The molecule has 0 aliphatic carbocycles. The lowest BCUT2D eigenvalue weighted by atomic mass is 10.2. The molecule has 0 unspecified atom stereocenters. The quantitative estimate of drug-likeness (QED) is 0.884. The summed E-state index contributed by atoms with van der Waals surface area (Å²) in [6.45, 7) is 5.92. The van der Waals surface area contributed by atoms with Crippen molar-refractivity contribution in [3.63, 3.8) is 0 Å². The summed E-state index contributed by atoms with van der Waals surface area (Å²) in [7, 11) is 0. The maximum atomic E-state index is 13.9. The topological polar surface area (TPSA) is 37.8 Å². The number of hydrogen-bond acceptors (Lipinski definition) is 5. The molecule has 0 aliphatic rings. The van der Waals surface area contributed by atoms with Crippen LogP contribution in [0.4, 0.5) is 4.39 Å². The van der Waals surface area contributed by atoms with Crippen molar-refractivity contribution in [2.45, 2.75) is 29.6 Å². The maximum Gasteiger partial charge on any atom is 0.174 e. The summed E-state index contributed by atoms with van der Waals surface area (Å²) < 4.78 is 18.6. The van der Waals surface area contributed by atoms with Gasteiger partial charge in [0.1, 0.15) is 12.1 Å². The van der Waals surface area contributed by atoms with Gasteiger partial charge < -0.3 is 5.32 Å². The van der Waals surface area contributed by atoms with E-state index in [-0.39, 0.29) is 5.82 Å². The van der Waals surface area contributed by atoms with Crippen molar-refractivity contribution in [2.24, 2.45) is 5.92 Å². The number of nitrogens with one attached hydrogen (secondary N) is 1. The van der Waals surface area contributed by atoms with Crippen molar-refractivity contribution < 1.29 is 4.39 Å². The van der Waals surface area contributed by atoms with E-state index in [1.54, 1.807) is 12.1 Å². The van der Waals surface area contributed by atoms with Crippen LogP contribution in [0.3, 0.4) is 0 Å². The lowest BCUT2D eigenvalue weighted by molar-refractivity contribution is 0.548. The van der Waals surface area contributed by atoms with E-state index in [9.17, 15) is 4.39 Å². The SMILES string of the molecule is CC(C)CNCc1ccc(Sc2ncns2)c(F)c1. The third-order valence-electron chi connectivity index (χ3n) is 2.42. The predicted molar refractivity (Wildman–Crippen MR) is 77.0 cm³/mol. The van der Waals surface area contributed by atoms with Crippen LogP contribution in [0.5, 0.6) is 0 Å². The fraction of sp³-hybridized carbons (Fsp3) is 0.385. The minimum Gasteiger partial charge on any atom is -0.312 e. The highest BCUT2D eigenvalue weighted by molar-refractivity contribution is 8.01. The van der Waals surface area contributed by atoms with Crippen LogP contribution in [0.2, 0.25) is 0 Å². The zero-order chi connectivity index (χ0) is 13.7. The van der Waals surface area contributed by atoms with E-state index in [0.29, 0.717) is 17.4 Å². The van der Waals surface area contributed by atoms with Crippen LogP contribution in [-0.2, 0) is 6.54 Å².